The van der Waals surface area contributed by atoms with Crippen molar-refractivity contribution in [2.24, 2.45) is 17.4 Å². The van der Waals surface area contributed by atoms with Crippen LogP contribution in [0.5, 0.6) is 0 Å². The number of hydrogen-bond acceptors (Lipinski definition) is 2. The molecule has 4 N–H and O–H groups in total. The normalized spacial score (nSPS) is 13.0. The second kappa shape index (κ2) is 6.38. The molecule has 0 spiro atoms. The minimum atomic E-state index is 0.444. The Balaban J connectivity index is 3.65. The monoisotopic (exact) mass is 156 g/mol. The summed E-state index contributed by atoms with van der Waals surface area (Å²) in [7, 11) is 0. The summed E-state index contributed by atoms with van der Waals surface area (Å²) in [5.41, 5.74) is 12.1. The van der Waals surface area contributed by atoms with E-state index in [4.69, 9.17) is 11.5 Å². The molecule has 0 aliphatic rings. The van der Waals surface area contributed by atoms with Gasteiger partial charge in [0.15, 0.2) is 0 Å². The SMILES string of the molecule is C=C(CN)C(CN)CCCC. The first-order valence-corrected chi connectivity index (χ1v) is 4.34. The van der Waals surface area contributed by atoms with Gasteiger partial charge in [-0.05, 0) is 18.9 Å². The molecule has 11 heavy (non-hydrogen) atoms. The molecule has 0 aromatic carbocycles. The van der Waals surface area contributed by atoms with Crippen LogP contribution in [0, 0.1) is 5.92 Å². The Morgan fingerprint density at radius 1 is 1.45 bits per heavy atom. The molecular weight excluding hydrogens is 136 g/mol. The van der Waals surface area contributed by atoms with Crippen molar-refractivity contribution in [1.82, 2.24) is 0 Å². The van der Waals surface area contributed by atoms with E-state index in [0.29, 0.717) is 19.0 Å². The van der Waals surface area contributed by atoms with Gasteiger partial charge in [-0.25, -0.2) is 0 Å². The summed E-state index contributed by atoms with van der Waals surface area (Å²) in [5.74, 6) is 0.444. The summed E-state index contributed by atoms with van der Waals surface area (Å²) in [6.45, 7) is 7.34. The zero-order valence-corrected chi connectivity index (χ0v) is 7.47. The van der Waals surface area contributed by atoms with E-state index < -0.39 is 0 Å². The molecule has 0 heterocycles. The third kappa shape index (κ3) is 4.17. The predicted octanol–water partition coefficient (Wildman–Crippen LogP) is 1.27. The van der Waals surface area contributed by atoms with E-state index in [1.807, 2.05) is 0 Å². The first-order chi connectivity index (χ1) is 5.26. The average Bonchev–Trinajstić information content (AvgIpc) is 2.05. The highest BCUT2D eigenvalue weighted by Crippen LogP contribution is 2.13. The standard InChI is InChI=1S/C9H20N2/c1-3-4-5-9(7-11)8(2)6-10/h9H,2-7,10-11H2,1H3. The number of rotatable bonds is 6. The third-order valence-electron chi connectivity index (χ3n) is 2.03. The van der Waals surface area contributed by atoms with Gasteiger partial charge >= 0.3 is 0 Å². The molecular formula is C9H20N2. The van der Waals surface area contributed by atoms with Gasteiger partial charge in [-0.1, -0.05) is 31.9 Å². The van der Waals surface area contributed by atoms with Crippen molar-refractivity contribution in [2.45, 2.75) is 26.2 Å². The van der Waals surface area contributed by atoms with E-state index in [1.165, 1.54) is 12.8 Å². The second-order valence-corrected chi connectivity index (χ2v) is 2.94. The summed E-state index contributed by atoms with van der Waals surface area (Å²) in [5, 5.41) is 0. The van der Waals surface area contributed by atoms with Crippen molar-refractivity contribution in [1.29, 1.82) is 0 Å². The molecule has 0 aliphatic carbocycles. The summed E-state index contributed by atoms with van der Waals surface area (Å²) < 4.78 is 0. The maximum Gasteiger partial charge on any atom is 0.0137 e. The maximum absolute atomic E-state index is 5.57. The Kier molecular flexibility index (Phi) is 6.18. The van der Waals surface area contributed by atoms with Gasteiger partial charge < -0.3 is 11.5 Å². The van der Waals surface area contributed by atoms with Gasteiger partial charge in [0.1, 0.15) is 0 Å². The molecule has 66 valence electrons. The highest BCUT2D eigenvalue weighted by Gasteiger charge is 2.07. The van der Waals surface area contributed by atoms with Crippen molar-refractivity contribution >= 4 is 0 Å². The van der Waals surface area contributed by atoms with Crippen LogP contribution in [0.15, 0.2) is 12.2 Å². The lowest BCUT2D eigenvalue weighted by atomic mass is 9.95. The lowest BCUT2D eigenvalue weighted by Gasteiger charge is -2.15. The van der Waals surface area contributed by atoms with Crippen LogP contribution in [-0.2, 0) is 0 Å². The Morgan fingerprint density at radius 3 is 2.45 bits per heavy atom. The predicted molar refractivity (Wildman–Crippen MR) is 50.3 cm³/mol. The first kappa shape index (κ1) is 10.7. The van der Waals surface area contributed by atoms with Crippen molar-refractivity contribution < 1.29 is 0 Å². The van der Waals surface area contributed by atoms with Gasteiger partial charge in [-0.15, -0.1) is 0 Å². The Morgan fingerprint density at radius 2 is 2.09 bits per heavy atom. The zero-order valence-electron chi connectivity index (χ0n) is 7.47. The van der Waals surface area contributed by atoms with Crippen LogP contribution in [0.1, 0.15) is 26.2 Å². The van der Waals surface area contributed by atoms with Crippen molar-refractivity contribution in [3.63, 3.8) is 0 Å². The molecule has 0 aliphatic heterocycles. The van der Waals surface area contributed by atoms with Crippen LogP contribution in [0.4, 0.5) is 0 Å². The minimum Gasteiger partial charge on any atom is -0.330 e. The molecule has 0 aromatic heterocycles. The average molecular weight is 156 g/mol. The maximum atomic E-state index is 5.57. The molecule has 0 aromatic rings. The number of unbranched alkanes of at least 4 members (excludes halogenated alkanes) is 1. The fourth-order valence-electron chi connectivity index (χ4n) is 1.11. The van der Waals surface area contributed by atoms with Crippen molar-refractivity contribution in [2.75, 3.05) is 13.1 Å². The highest BCUT2D eigenvalue weighted by molar-refractivity contribution is 5.02. The molecule has 2 nitrogen and oxygen atoms in total. The largest absolute Gasteiger partial charge is 0.330 e. The molecule has 1 atom stereocenters. The van der Waals surface area contributed by atoms with Crippen LogP contribution in [0.2, 0.25) is 0 Å². The van der Waals surface area contributed by atoms with Gasteiger partial charge in [0.25, 0.3) is 0 Å². The Labute approximate surface area is 69.6 Å². The van der Waals surface area contributed by atoms with E-state index in [9.17, 15) is 0 Å². The molecule has 2 heteroatoms. The van der Waals surface area contributed by atoms with Crippen LogP contribution in [-0.4, -0.2) is 13.1 Å². The first-order valence-electron chi connectivity index (χ1n) is 4.34. The Hall–Kier alpha value is -0.340. The second-order valence-electron chi connectivity index (χ2n) is 2.94. The van der Waals surface area contributed by atoms with Gasteiger partial charge in [0, 0.05) is 6.54 Å². The topological polar surface area (TPSA) is 52.0 Å². The van der Waals surface area contributed by atoms with Crippen LogP contribution < -0.4 is 11.5 Å². The molecule has 0 saturated carbocycles. The van der Waals surface area contributed by atoms with E-state index in [2.05, 4.69) is 13.5 Å². The van der Waals surface area contributed by atoms with Crippen molar-refractivity contribution in [3.05, 3.63) is 12.2 Å². The number of hydrogen-bond donors (Lipinski definition) is 2. The minimum absolute atomic E-state index is 0.444. The van der Waals surface area contributed by atoms with Gasteiger partial charge in [0.05, 0.1) is 0 Å². The highest BCUT2D eigenvalue weighted by atomic mass is 14.6. The van der Waals surface area contributed by atoms with Crippen LogP contribution in [0.3, 0.4) is 0 Å². The molecule has 0 saturated heterocycles. The lowest BCUT2D eigenvalue weighted by Crippen LogP contribution is -2.20. The van der Waals surface area contributed by atoms with E-state index in [1.54, 1.807) is 0 Å². The summed E-state index contributed by atoms with van der Waals surface area (Å²) in [6, 6.07) is 0. The summed E-state index contributed by atoms with van der Waals surface area (Å²) in [4.78, 5) is 0. The van der Waals surface area contributed by atoms with E-state index in [-0.39, 0.29) is 0 Å². The van der Waals surface area contributed by atoms with Crippen LogP contribution in [0.25, 0.3) is 0 Å². The summed E-state index contributed by atoms with van der Waals surface area (Å²) >= 11 is 0. The fourth-order valence-corrected chi connectivity index (χ4v) is 1.11. The summed E-state index contributed by atoms with van der Waals surface area (Å²) in [6.07, 6.45) is 3.58. The van der Waals surface area contributed by atoms with Gasteiger partial charge in [-0.2, -0.15) is 0 Å². The molecule has 0 amide bonds. The van der Waals surface area contributed by atoms with E-state index >= 15 is 0 Å². The molecule has 0 bridgehead atoms. The Bertz CT molecular complexity index is 110. The smallest absolute Gasteiger partial charge is 0.0137 e. The third-order valence-corrected chi connectivity index (χ3v) is 2.03. The molecule has 0 fully saturated rings. The molecule has 0 rings (SSSR count). The fraction of sp³-hybridized carbons (Fsp3) is 0.778. The number of nitrogens with two attached hydrogens (primary N) is 2. The van der Waals surface area contributed by atoms with Crippen LogP contribution >= 0.6 is 0 Å². The molecule has 0 radical (unpaired) electrons. The lowest BCUT2D eigenvalue weighted by molar-refractivity contribution is 0.534. The van der Waals surface area contributed by atoms with E-state index in [0.717, 1.165) is 12.0 Å². The zero-order chi connectivity index (χ0) is 8.69. The van der Waals surface area contributed by atoms with Gasteiger partial charge in [0.2, 0.25) is 0 Å². The van der Waals surface area contributed by atoms with Crippen molar-refractivity contribution in [3.8, 4) is 0 Å². The molecule has 1 unspecified atom stereocenters. The quantitative estimate of drug-likeness (QED) is 0.569. The van der Waals surface area contributed by atoms with Gasteiger partial charge in [-0.3, -0.25) is 0 Å².